The van der Waals surface area contributed by atoms with Crippen LogP contribution in [0.15, 0.2) is 60.2 Å². The van der Waals surface area contributed by atoms with Crippen molar-refractivity contribution in [3.8, 4) is 11.1 Å². The molecule has 0 aromatic heterocycles. The van der Waals surface area contributed by atoms with Gasteiger partial charge in [0.25, 0.3) is 0 Å². The minimum absolute atomic E-state index is 0.134. The van der Waals surface area contributed by atoms with E-state index in [0.717, 1.165) is 0 Å². The molecule has 0 bridgehead atoms. The van der Waals surface area contributed by atoms with E-state index in [9.17, 15) is 0 Å². The highest BCUT2D eigenvalue weighted by Crippen LogP contribution is 2.52. The van der Waals surface area contributed by atoms with Gasteiger partial charge in [-0.2, -0.15) is 0 Å². The molecule has 0 heterocycles. The van der Waals surface area contributed by atoms with Crippen LogP contribution in [0.25, 0.3) is 16.7 Å². The molecule has 0 spiro atoms. The SMILES string of the molecule is Cc1ccc(-c2ccc3c(c2)C(C)(C)C2=C3C=CCC2C)cc1. The number of hydrogen-bond acceptors (Lipinski definition) is 0. The second kappa shape index (κ2) is 4.96. The highest BCUT2D eigenvalue weighted by atomic mass is 14.4. The van der Waals surface area contributed by atoms with Crippen LogP contribution in [-0.2, 0) is 5.41 Å². The summed E-state index contributed by atoms with van der Waals surface area (Å²) >= 11 is 0. The van der Waals surface area contributed by atoms with Crippen molar-refractivity contribution in [2.45, 2.75) is 39.5 Å². The summed E-state index contributed by atoms with van der Waals surface area (Å²) in [7, 11) is 0. The molecule has 0 saturated heterocycles. The average molecular weight is 300 g/mol. The van der Waals surface area contributed by atoms with Crippen molar-refractivity contribution in [1.82, 2.24) is 0 Å². The molecule has 2 aromatic carbocycles. The topological polar surface area (TPSA) is 0 Å². The maximum Gasteiger partial charge on any atom is 0.0123 e. The molecule has 0 N–H and O–H groups in total. The lowest BCUT2D eigenvalue weighted by Crippen LogP contribution is -2.22. The van der Waals surface area contributed by atoms with Gasteiger partial charge in [-0.1, -0.05) is 74.9 Å². The molecule has 116 valence electrons. The fraction of sp³-hybridized carbons (Fsp3) is 0.304. The zero-order chi connectivity index (χ0) is 16.2. The smallest absolute Gasteiger partial charge is 0.0123 e. The van der Waals surface area contributed by atoms with Crippen molar-refractivity contribution in [2.75, 3.05) is 0 Å². The minimum atomic E-state index is 0.134. The van der Waals surface area contributed by atoms with E-state index in [4.69, 9.17) is 0 Å². The van der Waals surface area contributed by atoms with Crippen LogP contribution in [0.1, 0.15) is 43.9 Å². The summed E-state index contributed by atoms with van der Waals surface area (Å²) in [6.07, 6.45) is 5.85. The van der Waals surface area contributed by atoms with Crippen LogP contribution in [0.5, 0.6) is 0 Å². The predicted octanol–water partition coefficient (Wildman–Crippen LogP) is 6.30. The Balaban J connectivity index is 1.86. The summed E-state index contributed by atoms with van der Waals surface area (Å²) in [6, 6.07) is 15.9. The summed E-state index contributed by atoms with van der Waals surface area (Å²) in [5.74, 6) is 0.639. The van der Waals surface area contributed by atoms with Crippen LogP contribution in [0.3, 0.4) is 0 Å². The molecule has 0 nitrogen and oxygen atoms in total. The van der Waals surface area contributed by atoms with E-state index in [0.29, 0.717) is 5.92 Å². The van der Waals surface area contributed by atoms with E-state index in [2.05, 4.69) is 82.3 Å². The predicted molar refractivity (Wildman–Crippen MR) is 99.5 cm³/mol. The number of benzene rings is 2. The molecule has 0 radical (unpaired) electrons. The third kappa shape index (κ3) is 2.12. The van der Waals surface area contributed by atoms with E-state index in [1.807, 2.05) is 0 Å². The lowest BCUT2D eigenvalue weighted by molar-refractivity contribution is 0.530. The fourth-order valence-corrected chi connectivity index (χ4v) is 4.42. The summed E-state index contributed by atoms with van der Waals surface area (Å²) in [5.41, 5.74) is 10.1. The van der Waals surface area contributed by atoms with Gasteiger partial charge in [0.15, 0.2) is 0 Å². The van der Waals surface area contributed by atoms with Crippen LogP contribution in [0, 0.1) is 12.8 Å². The zero-order valence-corrected chi connectivity index (χ0v) is 14.5. The first-order valence-electron chi connectivity index (χ1n) is 8.61. The second-order valence-corrected chi connectivity index (χ2v) is 7.62. The van der Waals surface area contributed by atoms with Crippen molar-refractivity contribution in [2.24, 2.45) is 5.92 Å². The Kier molecular flexibility index (Phi) is 3.13. The minimum Gasteiger partial charge on any atom is -0.0833 e. The van der Waals surface area contributed by atoms with Crippen molar-refractivity contribution >= 4 is 5.57 Å². The second-order valence-electron chi connectivity index (χ2n) is 7.62. The third-order valence-corrected chi connectivity index (χ3v) is 5.60. The van der Waals surface area contributed by atoms with Crippen molar-refractivity contribution < 1.29 is 0 Å². The fourth-order valence-electron chi connectivity index (χ4n) is 4.42. The first-order valence-corrected chi connectivity index (χ1v) is 8.61. The Labute approximate surface area is 139 Å². The number of allylic oxidation sites excluding steroid dienone is 4. The Morgan fingerprint density at radius 2 is 1.65 bits per heavy atom. The Bertz CT molecular complexity index is 829. The molecule has 0 amide bonds. The number of hydrogen-bond donors (Lipinski definition) is 0. The molecule has 1 atom stereocenters. The molecule has 0 fully saturated rings. The lowest BCUT2D eigenvalue weighted by Gasteiger charge is -2.30. The standard InChI is InChI=1S/C23H24/c1-15-8-10-17(11-9-15)18-12-13-19-20-7-5-6-16(2)22(20)23(3,4)21(19)14-18/h5,7-14,16H,6H2,1-4H3. The molecule has 2 aliphatic rings. The number of rotatable bonds is 1. The van der Waals surface area contributed by atoms with E-state index in [1.54, 1.807) is 5.57 Å². The Morgan fingerprint density at radius 1 is 0.957 bits per heavy atom. The largest absolute Gasteiger partial charge is 0.0833 e. The first kappa shape index (κ1) is 14.5. The normalized spacial score (nSPS) is 21.3. The Morgan fingerprint density at radius 3 is 2.39 bits per heavy atom. The molecular formula is C23H24. The zero-order valence-electron chi connectivity index (χ0n) is 14.5. The molecule has 2 aliphatic carbocycles. The van der Waals surface area contributed by atoms with Gasteiger partial charge in [0, 0.05) is 5.41 Å². The molecule has 0 heteroatoms. The molecule has 23 heavy (non-hydrogen) atoms. The highest BCUT2D eigenvalue weighted by molar-refractivity contribution is 5.88. The van der Waals surface area contributed by atoms with Crippen molar-refractivity contribution in [3.63, 3.8) is 0 Å². The van der Waals surface area contributed by atoms with Gasteiger partial charge in [0.2, 0.25) is 0 Å². The molecule has 0 aliphatic heterocycles. The van der Waals surface area contributed by atoms with Crippen LogP contribution in [0.4, 0.5) is 0 Å². The van der Waals surface area contributed by atoms with Crippen LogP contribution in [0.2, 0.25) is 0 Å². The molecule has 0 saturated carbocycles. The van der Waals surface area contributed by atoms with Gasteiger partial charge < -0.3 is 0 Å². The number of aryl methyl sites for hydroxylation is 1. The quantitative estimate of drug-likeness (QED) is 0.579. The molecule has 1 unspecified atom stereocenters. The van der Waals surface area contributed by atoms with E-state index in [1.165, 1.54) is 39.8 Å². The van der Waals surface area contributed by atoms with Crippen molar-refractivity contribution in [1.29, 1.82) is 0 Å². The number of fused-ring (bicyclic) bond motifs is 2. The molecular weight excluding hydrogens is 276 g/mol. The van der Waals surface area contributed by atoms with Crippen molar-refractivity contribution in [3.05, 3.63) is 76.9 Å². The van der Waals surface area contributed by atoms with E-state index >= 15 is 0 Å². The van der Waals surface area contributed by atoms with Gasteiger partial charge in [-0.25, -0.2) is 0 Å². The van der Waals surface area contributed by atoms with Gasteiger partial charge in [0.1, 0.15) is 0 Å². The van der Waals surface area contributed by atoms with Gasteiger partial charge in [-0.15, -0.1) is 0 Å². The molecule has 4 rings (SSSR count). The van der Waals surface area contributed by atoms with Gasteiger partial charge in [0.05, 0.1) is 0 Å². The third-order valence-electron chi connectivity index (χ3n) is 5.60. The summed E-state index contributed by atoms with van der Waals surface area (Å²) in [6.45, 7) is 9.29. The highest BCUT2D eigenvalue weighted by Gasteiger charge is 2.39. The lowest BCUT2D eigenvalue weighted by atomic mass is 9.74. The van der Waals surface area contributed by atoms with E-state index in [-0.39, 0.29) is 5.41 Å². The molecule has 2 aromatic rings. The summed E-state index contributed by atoms with van der Waals surface area (Å²) < 4.78 is 0. The average Bonchev–Trinajstić information content (AvgIpc) is 2.77. The Hall–Kier alpha value is -2.08. The summed E-state index contributed by atoms with van der Waals surface area (Å²) in [4.78, 5) is 0. The van der Waals surface area contributed by atoms with Crippen LogP contribution in [-0.4, -0.2) is 0 Å². The monoisotopic (exact) mass is 300 g/mol. The van der Waals surface area contributed by atoms with Gasteiger partial charge >= 0.3 is 0 Å². The maximum absolute atomic E-state index is 2.42. The summed E-state index contributed by atoms with van der Waals surface area (Å²) in [5, 5.41) is 0. The van der Waals surface area contributed by atoms with Crippen LogP contribution >= 0.6 is 0 Å². The van der Waals surface area contributed by atoms with E-state index < -0.39 is 0 Å². The van der Waals surface area contributed by atoms with Gasteiger partial charge in [-0.3, -0.25) is 0 Å². The first-order chi connectivity index (χ1) is 11.0. The maximum atomic E-state index is 2.42. The van der Waals surface area contributed by atoms with Gasteiger partial charge in [-0.05, 0) is 58.7 Å². The van der Waals surface area contributed by atoms with Crippen LogP contribution < -0.4 is 0 Å².